The molecular weight excluding hydrogens is 326 g/mol. The van der Waals surface area contributed by atoms with Gasteiger partial charge >= 0.3 is 5.97 Å². The Balaban J connectivity index is 2.13. The lowest BCUT2D eigenvalue weighted by Crippen LogP contribution is -2.53. The van der Waals surface area contributed by atoms with Gasteiger partial charge in [0, 0.05) is 13.0 Å². The molecule has 1 heterocycles. The fourth-order valence-corrected chi connectivity index (χ4v) is 2.76. The topological polar surface area (TPSA) is 94.1 Å². The molecule has 0 aliphatic carbocycles. The molecule has 7 nitrogen and oxygen atoms in total. The summed E-state index contributed by atoms with van der Waals surface area (Å²) in [5.74, 6) is -0.959. The third-order valence-electron chi connectivity index (χ3n) is 4.60. The van der Waals surface area contributed by atoms with Crippen LogP contribution in [0.3, 0.4) is 0 Å². The molecule has 0 aromatic heterocycles. The zero-order valence-corrected chi connectivity index (χ0v) is 14.7. The first-order valence-corrected chi connectivity index (χ1v) is 8.32. The van der Waals surface area contributed by atoms with E-state index >= 15 is 0 Å². The van der Waals surface area contributed by atoms with Gasteiger partial charge in [0.1, 0.15) is 6.61 Å². The van der Waals surface area contributed by atoms with Gasteiger partial charge in [-0.15, -0.1) is 0 Å². The molecule has 25 heavy (non-hydrogen) atoms. The Morgan fingerprint density at radius 1 is 1.20 bits per heavy atom. The lowest BCUT2D eigenvalue weighted by atomic mass is 9.83. The van der Waals surface area contributed by atoms with Gasteiger partial charge in [-0.3, -0.25) is 4.79 Å². The van der Waals surface area contributed by atoms with Crippen molar-refractivity contribution in [3.05, 3.63) is 35.9 Å². The van der Waals surface area contributed by atoms with Crippen molar-refractivity contribution in [2.75, 3.05) is 20.3 Å². The molecule has 0 bridgehead atoms. The van der Waals surface area contributed by atoms with Crippen LogP contribution >= 0.6 is 0 Å². The maximum Gasteiger partial charge on any atom is 0.338 e. The Hall–Kier alpha value is -1.96. The van der Waals surface area contributed by atoms with E-state index in [2.05, 4.69) is 5.32 Å². The van der Waals surface area contributed by atoms with Crippen LogP contribution in [0.1, 0.15) is 24.2 Å². The molecule has 0 spiro atoms. The predicted octanol–water partition coefficient (Wildman–Crippen LogP) is 0.964. The van der Waals surface area contributed by atoms with E-state index in [-0.39, 0.29) is 31.0 Å². The minimum atomic E-state index is -0.923. The number of carbonyl (C=O) groups excluding carboxylic acids is 2. The second kappa shape index (κ2) is 8.94. The third kappa shape index (κ3) is 4.78. The number of rotatable bonds is 6. The van der Waals surface area contributed by atoms with Crippen LogP contribution in [0.4, 0.5) is 0 Å². The van der Waals surface area contributed by atoms with Gasteiger partial charge in [0.25, 0.3) is 0 Å². The van der Waals surface area contributed by atoms with Crippen LogP contribution in [-0.4, -0.2) is 55.7 Å². The van der Waals surface area contributed by atoms with E-state index in [1.807, 2.05) is 19.9 Å². The Kier molecular flexibility index (Phi) is 6.92. The van der Waals surface area contributed by atoms with Crippen LogP contribution in [0.25, 0.3) is 0 Å². The maximum absolute atomic E-state index is 12.4. The number of benzene rings is 1. The molecule has 1 aliphatic heterocycles. The van der Waals surface area contributed by atoms with E-state index in [0.29, 0.717) is 5.56 Å². The molecule has 138 valence electrons. The van der Waals surface area contributed by atoms with E-state index in [9.17, 15) is 14.7 Å². The average Bonchev–Trinajstić information content (AvgIpc) is 2.65. The summed E-state index contributed by atoms with van der Waals surface area (Å²) < 4.78 is 16.9. The minimum Gasteiger partial charge on any atom is -0.453 e. The number of hydrogen-bond acceptors (Lipinski definition) is 6. The number of nitrogens with one attached hydrogen (secondary N) is 1. The van der Waals surface area contributed by atoms with Crippen LogP contribution in [0.5, 0.6) is 0 Å². The Bertz CT molecular complexity index is 578. The van der Waals surface area contributed by atoms with Crippen molar-refractivity contribution in [2.24, 2.45) is 11.8 Å². The molecule has 2 N–H and O–H groups in total. The number of hydrogen-bond donors (Lipinski definition) is 2. The van der Waals surface area contributed by atoms with Crippen LogP contribution in [0.15, 0.2) is 30.3 Å². The van der Waals surface area contributed by atoms with Crippen molar-refractivity contribution < 1.29 is 28.9 Å². The molecule has 1 aliphatic rings. The molecule has 2 unspecified atom stereocenters. The quantitative estimate of drug-likeness (QED) is 0.742. The molecule has 1 amide bonds. The molecule has 0 saturated carbocycles. The fourth-order valence-electron chi connectivity index (χ4n) is 2.76. The molecule has 1 fully saturated rings. The summed E-state index contributed by atoms with van der Waals surface area (Å²) in [5, 5.41) is 12.0. The SMILES string of the molecule is CNC(=O)CO[C@@H]1OC(CO)[C@H](C)[C@H](C)C1OC(=O)c1ccccc1. The zero-order valence-electron chi connectivity index (χ0n) is 14.7. The largest absolute Gasteiger partial charge is 0.453 e. The van der Waals surface area contributed by atoms with E-state index < -0.39 is 24.5 Å². The summed E-state index contributed by atoms with van der Waals surface area (Å²) in [6.07, 6.45) is -2.06. The number of likely N-dealkylation sites (N-methyl/N-ethyl adjacent to an activating group) is 1. The average molecular weight is 351 g/mol. The Morgan fingerprint density at radius 2 is 1.88 bits per heavy atom. The summed E-state index contributed by atoms with van der Waals surface area (Å²) in [5.41, 5.74) is 0.427. The summed E-state index contributed by atoms with van der Waals surface area (Å²) in [6.45, 7) is 3.43. The second-order valence-electron chi connectivity index (χ2n) is 6.16. The normalized spacial score (nSPS) is 29.0. The maximum atomic E-state index is 12.4. The molecule has 7 heteroatoms. The van der Waals surface area contributed by atoms with Crippen LogP contribution < -0.4 is 5.32 Å². The summed E-state index contributed by atoms with van der Waals surface area (Å²) in [4.78, 5) is 23.8. The van der Waals surface area contributed by atoms with Crippen LogP contribution in [0.2, 0.25) is 0 Å². The standard InChI is InChI=1S/C18H25NO6/c1-11-12(2)16(25-17(22)13-7-5-4-6-8-13)18(24-14(11)9-20)23-10-15(21)19-3/h4-8,11-12,14,16,18,20H,9-10H2,1-3H3,(H,19,21)/t11-,12+,14?,16?,18-/m1/s1. The first-order chi connectivity index (χ1) is 12.0. The van der Waals surface area contributed by atoms with Crippen molar-refractivity contribution in [3.8, 4) is 0 Å². The predicted molar refractivity (Wildman–Crippen MR) is 89.7 cm³/mol. The van der Waals surface area contributed by atoms with E-state index in [1.165, 1.54) is 7.05 Å². The van der Waals surface area contributed by atoms with Crippen molar-refractivity contribution in [2.45, 2.75) is 32.3 Å². The molecule has 1 aromatic carbocycles. The van der Waals surface area contributed by atoms with Gasteiger partial charge in [0.15, 0.2) is 12.4 Å². The van der Waals surface area contributed by atoms with Gasteiger partial charge < -0.3 is 24.6 Å². The van der Waals surface area contributed by atoms with E-state index in [1.54, 1.807) is 24.3 Å². The smallest absolute Gasteiger partial charge is 0.338 e. The number of carbonyl (C=O) groups is 2. The lowest BCUT2D eigenvalue weighted by Gasteiger charge is -2.43. The molecule has 1 saturated heterocycles. The molecule has 5 atom stereocenters. The van der Waals surface area contributed by atoms with Gasteiger partial charge in [-0.1, -0.05) is 32.0 Å². The second-order valence-corrected chi connectivity index (χ2v) is 6.16. The molecule has 0 radical (unpaired) electrons. The van der Waals surface area contributed by atoms with Crippen molar-refractivity contribution in [1.82, 2.24) is 5.32 Å². The number of ether oxygens (including phenoxy) is 3. The monoisotopic (exact) mass is 351 g/mol. The van der Waals surface area contributed by atoms with E-state index in [4.69, 9.17) is 14.2 Å². The van der Waals surface area contributed by atoms with Gasteiger partial charge in [0.05, 0.1) is 18.3 Å². The van der Waals surface area contributed by atoms with Crippen molar-refractivity contribution in [1.29, 1.82) is 0 Å². The third-order valence-corrected chi connectivity index (χ3v) is 4.60. The fraction of sp³-hybridized carbons (Fsp3) is 0.556. The Labute approximate surface area is 147 Å². The number of amides is 1. The minimum absolute atomic E-state index is 0.0431. The highest BCUT2D eigenvalue weighted by atomic mass is 16.7. The molecule has 2 rings (SSSR count). The number of esters is 1. The number of aliphatic hydroxyl groups excluding tert-OH is 1. The highest BCUT2D eigenvalue weighted by Gasteiger charge is 2.44. The van der Waals surface area contributed by atoms with Gasteiger partial charge in [0.2, 0.25) is 5.91 Å². The number of aliphatic hydroxyl groups is 1. The summed E-state index contributed by atoms with van der Waals surface area (Å²) in [6, 6.07) is 8.64. The van der Waals surface area contributed by atoms with Gasteiger partial charge in [-0.25, -0.2) is 4.79 Å². The van der Waals surface area contributed by atoms with Gasteiger partial charge in [-0.2, -0.15) is 0 Å². The summed E-state index contributed by atoms with van der Waals surface area (Å²) in [7, 11) is 1.50. The highest BCUT2D eigenvalue weighted by Crippen LogP contribution is 2.33. The highest BCUT2D eigenvalue weighted by molar-refractivity contribution is 5.89. The van der Waals surface area contributed by atoms with E-state index in [0.717, 1.165) is 0 Å². The van der Waals surface area contributed by atoms with Gasteiger partial charge in [-0.05, 0) is 18.1 Å². The lowest BCUT2D eigenvalue weighted by molar-refractivity contribution is -0.272. The van der Waals surface area contributed by atoms with Crippen LogP contribution in [-0.2, 0) is 19.0 Å². The first kappa shape index (κ1) is 19.4. The van der Waals surface area contributed by atoms with Crippen molar-refractivity contribution in [3.63, 3.8) is 0 Å². The summed E-state index contributed by atoms with van der Waals surface area (Å²) >= 11 is 0. The molecule has 1 aromatic rings. The first-order valence-electron chi connectivity index (χ1n) is 8.32. The van der Waals surface area contributed by atoms with Crippen LogP contribution in [0, 0.1) is 11.8 Å². The van der Waals surface area contributed by atoms with Crippen molar-refractivity contribution >= 4 is 11.9 Å². The zero-order chi connectivity index (χ0) is 18.4. The molecular formula is C18H25NO6. The Morgan fingerprint density at radius 3 is 2.48 bits per heavy atom.